The number of benzene rings is 3. The van der Waals surface area contributed by atoms with E-state index in [0.717, 1.165) is 21.7 Å². The van der Waals surface area contributed by atoms with E-state index in [1.54, 1.807) is 35.9 Å². The van der Waals surface area contributed by atoms with Crippen LogP contribution in [0.2, 0.25) is 0 Å². The Hall–Kier alpha value is -5.23. The molecule has 12 nitrogen and oxygen atoms in total. The van der Waals surface area contributed by atoms with E-state index in [1.165, 1.54) is 5.01 Å². The van der Waals surface area contributed by atoms with E-state index in [4.69, 9.17) is 10.5 Å². The predicted octanol–water partition coefficient (Wildman–Crippen LogP) is 2.67. The first-order valence-electron chi connectivity index (χ1n) is 12.5. The number of nitrogens with two attached hydrogens (primary N) is 1. The van der Waals surface area contributed by atoms with Gasteiger partial charge in [-0.1, -0.05) is 53.7 Å². The fourth-order valence-electron chi connectivity index (χ4n) is 4.26. The molecule has 202 valence electrons. The maximum Gasteiger partial charge on any atom is 0.356 e. The second-order valence-electron chi connectivity index (χ2n) is 8.82. The standard InChI is InChI=1S/C16H13N5O.C12H13N3O3/c1-11-15(21-14-10-6-5-9-13(14)17-19-21)16(22)20(18-11)12-7-3-2-4-8-12;1-2-18-12(17)10-9(13)11(16)15(14-10)8-6-4-3-5-7-8/h2-10,15H,1H3;3-7,9H,2,13H2,1H3. The molecule has 12 heteroatoms. The van der Waals surface area contributed by atoms with Gasteiger partial charge in [0.05, 0.1) is 29.2 Å². The van der Waals surface area contributed by atoms with Gasteiger partial charge in [-0.25, -0.2) is 9.48 Å². The summed E-state index contributed by atoms with van der Waals surface area (Å²) in [4.78, 5) is 36.3. The van der Waals surface area contributed by atoms with Gasteiger partial charge in [0.15, 0.2) is 11.8 Å². The van der Waals surface area contributed by atoms with Crippen molar-refractivity contribution in [2.24, 2.45) is 15.9 Å². The molecule has 3 heterocycles. The van der Waals surface area contributed by atoms with Crippen molar-refractivity contribution in [3.05, 3.63) is 84.9 Å². The molecule has 2 aliphatic heterocycles. The first-order valence-corrected chi connectivity index (χ1v) is 12.5. The molecule has 2 N–H and O–H groups in total. The lowest BCUT2D eigenvalue weighted by molar-refractivity contribution is -0.135. The summed E-state index contributed by atoms with van der Waals surface area (Å²) in [6.45, 7) is 3.72. The van der Waals surface area contributed by atoms with Gasteiger partial charge in [0.25, 0.3) is 11.8 Å². The SMILES string of the molecule is CC1=NN(c2ccccc2)C(=O)C1n1nnc2ccccc21.CCOC(=O)C1=NN(c2ccccc2)C(=O)C1N. The molecule has 0 bridgehead atoms. The third-order valence-corrected chi connectivity index (χ3v) is 6.18. The van der Waals surface area contributed by atoms with E-state index in [1.807, 2.05) is 67.6 Å². The molecule has 0 spiro atoms. The van der Waals surface area contributed by atoms with E-state index >= 15 is 0 Å². The van der Waals surface area contributed by atoms with E-state index in [9.17, 15) is 14.4 Å². The van der Waals surface area contributed by atoms with Crippen molar-refractivity contribution in [3.63, 3.8) is 0 Å². The molecule has 1 aromatic heterocycles. The Kier molecular flexibility index (Phi) is 7.42. The minimum absolute atomic E-state index is 0.0642. The Morgan fingerprint density at radius 2 is 1.43 bits per heavy atom. The zero-order valence-corrected chi connectivity index (χ0v) is 21.8. The Morgan fingerprint density at radius 3 is 2.05 bits per heavy atom. The molecule has 2 unspecified atom stereocenters. The van der Waals surface area contributed by atoms with Crippen LogP contribution < -0.4 is 15.8 Å². The molecule has 2 aliphatic rings. The van der Waals surface area contributed by atoms with Crippen LogP contribution in [0.25, 0.3) is 11.0 Å². The van der Waals surface area contributed by atoms with E-state index in [2.05, 4.69) is 20.5 Å². The summed E-state index contributed by atoms with van der Waals surface area (Å²) in [5.41, 5.74) is 9.20. The van der Waals surface area contributed by atoms with Crippen molar-refractivity contribution in [1.29, 1.82) is 0 Å². The number of fused-ring (bicyclic) bond motifs is 1. The molecular weight excluding hydrogens is 512 g/mol. The van der Waals surface area contributed by atoms with Crippen LogP contribution in [0.15, 0.2) is 95.1 Å². The molecule has 2 atom stereocenters. The number of anilines is 2. The highest BCUT2D eigenvalue weighted by Gasteiger charge is 2.39. The summed E-state index contributed by atoms with van der Waals surface area (Å²) >= 11 is 0. The Bertz CT molecular complexity index is 1620. The van der Waals surface area contributed by atoms with Gasteiger partial charge in [-0.15, -0.1) is 5.10 Å². The van der Waals surface area contributed by atoms with Gasteiger partial charge in [0, 0.05) is 0 Å². The highest BCUT2D eigenvalue weighted by atomic mass is 16.5. The lowest BCUT2D eigenvalue weighted by Gasteiger charge is -2.14. The molecule has 4 aromatic rings. The normalized spacial score (nSPS) is 18.4. The molecule has 0 saturated carbocycles. The van der Waals surface area contributed by atoms with E-state index < -0.39 is 24.0 Å². The number of hydrogen-bond acceptors (Lipinski definition) is 9. The largest absolute Gasteiger partial charge is 0.461 e. The number of carbonyl (C=O) groups is 3. The molecule has 0 saturated heterocycles. The van der Waals surface area contributed by atoms with Crippen LogP contribution in [0.5, 0.6) is 0 Å². The average Bonchev–Trinajstić information content (AvgIpc) is 3.63. The summed E-state index contributed by atoms with van der Waals surface area (Å²) in [6, 6.07) is 24.1. The maximum absolute atomic E-state index is 12.8. The van der Waals surface area contributed by atoms with Crippen LogP contribution in [0.1, 0.15) is 19.9 Å². The number of hydrazone groups is 2. The van der Waals surface area contributed by atoms with Gasteiger partial charge >= 0.3 is 5.97 Å². The van der Waals surface area contributed by atoms with Gasteiger partial charge < -0.3 is 10.5 Å². The average molecular weight is 539 g/mol. The van der Waals surface area contributed by atoms with Crippen molar-refractivity contribution in [2.75, 3.05) is 16.6 Å². The number of ether oxygens (including phenoxy) is 1. The van der Waals surface area contributed by atoms with Crippen molar-refractivity contribution in [1.82, 2.24) is 15.0 Å². The van der Waals surface area contributed by atoms with Gasteiger partial charge in [0.2, 0.25) is 0 Å². The molecule has 2 amide bonds. The van der Waals surface area contributed by atoms with E-state index in [0.29, 0.717) is 11.4 Å². The predicted molar refractivity (Wildman–Crippen MR) is 150 cm³/mol. The molecule has 3 aromatic carbocycles. The molecule has 6 rings (SSSR count). The topological polar surface area (TPSA) is 148 Å². The van der Waals surface area contributed by atoms with Crippen LogP contribution in [0, 0.1) is 0 Å². The molecule has 0 fully saturated rings. The monoisotopic (exact) mass is 538 g/mol. The van der Waals surface area contributed by atoms with Crippen LogP contribution in [0.4, 0.5) is 11.4 Å². The van der Waals surface area contributed by atoms with Crippen molar-refractivity contribution < 1.29 is 19.1 Å². The third kappa shape index (κ3) is 4.95. The lowest BCUT2D eigenvalue weighted by atomic mass is 10.2. The molecule has 0 radical (unpaired) electrons. The van der Waals surface area contributed by atoms with Gasteiger partial charge in [-0.3, -0.25) is 9.59 Å². The van der Waals surface area contributed by atoms with Crippen molar-refractivity contribution >= 4 is 51.6 Å². The second kappa shape index (κ2) is 11.3. The summed E-state index contributed by atoms with van der Waals surface area (Å²) in [7, 11) is 0. The maximum atomic E-state index is 12.8. The highest BCUT2D eigenvalue weighted by Crippen LogP contribution is 2.28. The fraction of sp³-hybridized carbons (Fsp3) is 0.179. The van der Waals surface area contributed by atoms with Crippen LogP contribution in [0.3, 0.4) is 0 Å². The minimum atomic E-state index is -1.07. The number of amides is 2. The summed E-state index contributed by atoms with van der Waals surface area (Å²) < 4.78 is 6.44. The molecule has 0 aliphatic carbocycles. The number of carbonyl (C=O) groups excluding carboxylic acids is 3. The van der Waals surface area contributed by atoms with Crippen LogP contribution >= 0.6 is 0 Å². The Morgan fingerprint density at radius 1 is 0.850 bits per heavy atom. The zero-order valence-electron chi connectivity index (χ0n) is 21.8. The van der Waals surface area contributed by atoms with Crippen LogP contribution in [-0.2, 0) is 19.1 Å². The Labute approximate surface area is 229 Å². The minimum Gasteiger partial charge on any atom is -0.461 e. The summed E-state index contributed by atoms with van der Waals surface area (Å²) in [5, 5.41) is 19.1. The second-order valence-corrected chi connectivity index (χ2v) is 8.82. The number of para-hydroxylation sites is 3. The molecule has 40 heavy (non-hydrogen) atoms. The number of aromatic nitrogens is 3. The van der Waals surface area contributed by atoms with Gasteiger partial charge in [0.1, 0.15) is 11.6 Å². The Balaban J connectivity index is 0.000000165. The lowest BCUT2D eigenvalue weighted by Crippen LogP contribution is -2.42. The first kappa shape index (κ1) is 26.4. The van der Waals surface area contributed by atoms with Crippen molar-refractivity contribution in [2.45, 2.75) is 25.9 Å². The zero-order chi connectivity index (χ0) is 28.2. The smallest absolute Gasteiger partial charge is 0.356 e. The first-order chi connectivity index (χ1) is 19.4. The molecular formula is C28H26N8O4. The quantitative estimate of drug-likeness (QED) is 0.384. The number of nitrogens with zero attached hydrogens (tertiary/aromatic N) is 7. The fourth-order valence-corrected chi connectivity index (χ4v) is 4.26. The highest BCUT2D eigenvalue weighted by molar-refractivity contribution is 6.46. The van der Waals surface area contributed by atoms with Crippen molar-refractivity contribution in [3.8, 4) is 0 Å². The van der Waals surface area contributed by atoms with Gasteiger partial charge in [-0.05, 0) is 50.2 Å². The summed E-state index contributed by atoms with van der Waals surface area (Å²) in [5.74, 6) is -1.22. The number of hydrogen-bond donors (Lipinski definition) is 1. The number of esters is 1. The third-order valence-electron chi connectivity index (χ3n) is 6.18. The number of rotatable bonds is 5. The van der Waals surface area contributed by atoms with E-state index in [-0.39, 0.29) is 18.2 Å². The van der Waals surface area contributed by atoms with Crippen LogP contribution in [-0.4, -0.2) is 56.8 Å². The van der Waals surface area contributed by atoms with Gasteiger partial charge in [-0.2, -0.15) is 20.2 Å². The summed E-state index contributed by atoms with van der Waals surface area (Å²) in [6.07, 6.45) is 0.